The van der Waals surface area contributed by atoms with E-state index in [9.17, 15) is 31.5 Å². The first kappa shape index (κ1) is 34.8. The van der Waals surface area contributed by atoms with E-state index in [-0.39, 0.29) is 55.2 Å². The summed E-state index contributed by atoms with van der Waals surface area (Å²) in [7, 11) is 4.29. The van der Waals surface area contributed by atoms with Gasteiger partial charge < -0.3 is 25.1 Å². The molecular formula is C28H37F5N6O5. The third-order valence-corrected chi connectivity index (χ3v) is 7.04. The minimum Gasteiger partial charge on any atom is -0.388 e. The number of carbonyl (C=O) groups excluding carboxylic acids is 2. The quantitative estimate of drug-likeness (QED) is 0.279. The number of benzene rings is 1. The molecule has 2 heterocycles. The lowest BCUT2D eigenvalue weighted by molar-refractivity contribution is -0.255. The molecule has 0 spiro atoms. The minimum atomic E-state index is -4.28. The first-order valence-corrected chi connectivity index (χ1v) is 13.8. The number of halogens is 5. The average molecular weight is 633 g/mol. The molecule has 2 saturated carbocycles. The molecule has 2 aliphatic carbocycles. The number of fused-ring (bicyclic) bond motifs is 1. The summed E-state index contributed by atoms with van der Waals surface area (Å²) in [5.74, 6) is -2.62. The Kier molecular flexibility index (Phi) is 11.4. The number of hydrogen-bond acceptors (Lipinski definition) is 8. The Morgan fingerprint density at radius 3 is 2.27 bits per heavy atom. The molecule has 0 saturated heterocycles. The number of H-pyrrole nitrogens is 1. The van der Waals surface area contributed by atoms with Crippen LogP contribution in [0.3, 0.4) is 0 Å². The normalized spacial score (nSPS) is 16.2. The Labute approximate surface area is 250 Å². The van der Waals surface area contributed by atoms with Gasteiger partial charge in [-0.05, 0) is 55.5 Å². The van der Waals surface area contributed by atoms with Crippen LogP contribution in [0.15, 0.2) is 22.8 Å². The number of rotatable bonds is 9. The number of hydrogen-bond donors (Lipinski definition) is 3. The maximum absolute atomic E-state index is 12.9. The van der Waals surface area contributed by atoms with Crippen LogP contribution < -0.4 is 10.6 Å². The number of aromatic nitrogens is 4. The lowest BCUT2D eigenvalue weighted by atomic mass is 9.79. The first-order chi connectivity index (χ1) is 20.6. The highest BCUT2D eigenvalue weighted by atomic mass is 19.4. The van der Waals surface area contributed by atoms with E-state index in [4.69, 9.17) is 4.63 Å². The van der Waals surface area contributed by atoms with Crippen molar-refractivity contribution in [3.05, 3.63) is 41.0 Å². The zero-order chi connectivity index (χ0) is 32.7. The number of methoxy groups -OCH3 is 2. The third kappa shape index (κ3) is 9.67. The first-order valence-electron chi connectivity index (χ1n) is 13.8. The number of carbonyl (C=O) groups is 2. The third-order valence-electron chi connectivity index (χ3n) is 7.04. The fraction of sp³-hybridized carbons (Fsp3) is 0.607. The Bertz CT molecular complexity index is 1390. The van der Waals surface area contributed by atoms with Crippen molar-refractivity contribution in [1.82, 2.24) is 30.9 Å². The number of ether oxygens (including phenoxy) is 2. The van der Waals surface area contributed by atoms with Crippen molar-refractivity contribution in [2.75, 3.05) is 21.3 Å². The summed E-state index contributed by atoms with van der Waals surface area (Å²) < 4.78 is 74.0. The number of alkyl halides is 5. The van der Waals surface area contributed by atoms with Gasteiger partial charge in [-0.25, -0.2) is 18.4 Å². The predicted octanol–water partition coefficient (Wildman–Crippen LogP) is 5.04. The summed E-state index contributed by atoms with van der Waals surface area (Å²) >= 11 is 0. The van der Waals surface area contributed by atoms with Gasteiger partial charge in [0.1, 0.15) is 11.5 Å². The molecule has 2 fully saturated rings. The van der Waals surface area contributed by atoms with Gasteiger partial charge in [-0.3, -0.25) is 9.59 Å². The summed E-state index contributed by atoms with van der Waals surface area (Å²) in [5, 5.41) is 13.1. The van der Waals surface area contributed by atoms with Crippen LogP contribution in [0.4, 0.5) is 22.0 Å². The molecule has 11 nitrogen and oxygen atoms in total. The summed E-state index contributed by atoms with van der Waals surface area (Å²) in [5.41, 5.74) is 1.14. The fourth-order valence-electron chi connectivity index (χ4n) is 4.11. The topological polar surface area (TPSA) is 144 Å². The highest BCUT2D eigenvalue weighted by Crippen LogP contribution is 2.44. The van der Waals surface area contributed by atoms with Crippen LogP contribution in [0.5, 0.6) is 0 Å². The smallest absolute Gasteiger partial charge is 0.388 e. The van der Waals surface area contributed by atoms with Gasteiger partial charge in [0.15, 0.2) is 11.3 Å². The predicted molar refractivity (Wildman–Crippen MR) is 148 cm³/mol. The van der Waals surface area contributed by atoms with Crippen LogP contribution in [-0.2, 0) is 27.4 Å². The molecule has 0 radical (unpaired) electrons. The second kappa shape index (κ2) is 14.4. The van der Waals surface area contributed by atoms with E-state index < -0.39 is 17.7 Å². The van der Waals surface area contributed by atoms with E-state index in [0.717, 1.165) is 50.4 Å². The molecule has 0 atom stereocenters. The Morgan fingerprint density at radius 2 is 1.73 bits per heavy atom. The van der Waals surface area contributed by atoms with Gasteiger partial charge in [-0.2, -0.15) is 13.2 Å². The van der Waals surface area contributed by atoms with Crippen LogP contribution in [0.25, 0.3) is 11.0 Å². The standard InChI is InChI=1S/C21H22F2N6O3.C5H9F3O.C2H6O/c22-21(23)7-12(8-21)6-17(30)24-9-11-1-4-14-15(5-11)27-16(26-14)10-25-20(31)19-18(13-2-3-13)28-32-29-19;1-4(2,9-3)5(6,7)8;1-3-2/h1,4-5,12-13H,2-3,6-10H2,(H,24,30)(H,25,31)(H,26,27);1-3H3;1-2H3. The molecule has 1 aromatic carbocycles. The van der Waals surface area contributed by atoms with E-state index in [1.165, 1.54) is 0 Å². The molecule has 5 rings (SSSR count). The Hall–Kier alpha value is -3.66. The molecule has 0 unspecified atom stereocenters. The Morgan fingerprint density at radius 1 is 1.07 bits per heavy atom. The van der Waals surface area contributed by atoms with Gasteiger partial charge in [-0.15, -0.1) is 0 Å². The zero-order valence-corrected chi connectivity index (χ0v) is 25.1. The highest BCUT2D eigenvalue weighted by Gasteiger charge is 2.47. The maximum Gasteiger partial charge on any atom is 0.416 e. The van der Waals surface area contributed by atoms with Crippen molar-refractivity contribution in [3.8, 4) is 0 Å². The number of aromatic amines is 1. The van der Waals surface area contributed by atoms with Gasteiger partial charge in [0.25, 0.3) is 5.91 Å². The number of nitrogens with zero attached hydrogens (tertiary/aromatic N) is 3. The van der Waals surface area contributed by atoms with E-state index in [2.05, 4.69) is 40.4 Å². The molecule has 244 valence electrons. The fourth-order valence-corrected chi connectivity index (χ4v) is 4.11. The van der Waals surface area contributed by atoms with Crippen LogP contribution in [0.1, 0.15) is 79.4 Å². The van der Waals surface area contributed by atoms with Gasteiger partial charge in [-0.1, -0.05) is 11.2 Å². The SMILES string of the molecule is COC.COC(C)(C)C(F)(F)F.O=C(CC1CC(F)(F)C1)NCc1ccc2nc(CNC(=O)c3nonc3C3CC3)[nH]c2c1. The van der Waals surface area contributed by atoms with Crippen molar-refractivity contribution in [3.63, 3.8) is 0 Å². The zero-order valence-electron chi connectivity index (χ0n) is 25.1. The number of imidazole rings is 1. The van der Waals surface area contributed by atoms with E-state index in [1.807, 2.05) is 18.2 Å². The van der Waals surface area contributed by atoms with Crippen molar-refractivity contribution in [1.29, 1.82) is 0 Å². The van der Waals surface area contributed by atoms with Crippen LogP contribution in [0, 0.1) is 5.92 Å². The maximum atomic E-state index is 12.9. The lowest BCUT2D eigenvalue weighted by Gasteiger charge is -2.34. The second-order valence-corrected chi connectivity index (χ2v) is 11.2. The molecule has 16 heteroatoms. The van der Waals surface area contributed by atoms with Gasteiger partial charge >= 0.3 is 6.18 Å². The van der Waals surface area contributed by atoms with Crippen LogP contribution in [0.2, 0.25) is 0 Å². The molecule has 0 aliphatic heterocycles. The van der Waals surface area contributed by atoms with Crippen molar-refractivity contribution >= 4 is 22.8 Å². The van der Waals surface area contributed by atoms with Crippen LogP contribution >= 0.6 is 0 Å². The molecule has 2 aromatic heterocycles. The molecule has 2 amide bonds. The van der Waals surface area contributed by atoms with E-state index >= 15 is 0 Å². The second-order valence-electron chi connectivity index (χ2n) is 11.2. The molecule has 3 N–H and O–H groups in total. The largest absolute Gasteiger partial charge is 0.416 e. The molecular weight excluding hydrogens is 595 g/mol. The minimum absolute atomic E-state index is 0.120. The molecule has 3 aromatic rings. The number of nitrogens with one attached hydrogen (secondary N) is 3. The van der Waals surface area contributed by atoms with E-state index in [0.29, 0.717) is 18.1 Å². The van der Waals surface area contributed by atoms with Crippen molar-refractivity contribution in [2.24, 2.45) is 5.92 Å². The molecule has 2 aliphatic rings. The Balaban J connectivity index is 0.000000377. The average Bonchev–Trinajstić information content (AvgIpc) is 3.50. The van der Waals surface area contributed by atoms with Crippen molar-refractivity contribution in [2.45, 2.75) is 82.7 Å². The molecule has 44 heavy (non-hydrogen) atoms. The number of amides is 2. The summed E-state index contributed by atoms with van der Waals surface area (Å²) in [4.78, 5) is 32.0. The summed E-state index contributed by atoms with van der Waals surface area (Å²) in [6, 6.07) is 5.52. The summed E-state index contributed by atoms with van der Waals surface area (Å²) in [6.45, 7) is 2.44. The molecule has 0 bridgehead atoms. The summed E-state index contributed by atoms with van der Waals surface area (Å²) in [6.07, 6.45) is -2.62. The lowest BCUT2D eigenvalue weighted by Crippen LogP contribution is -2.40. The van der Waals surface area contributed by atoms with Crippen LogP contribution in [-0.4, -0.2) is 71.1 Å². The van der Waals surface area contributed by atoms with Crippen molar-refractivity contribution < 1.29 is 45.6 Å². The van der Waals surface area contributed by atoms with Gasteiger partial charge in [0.2, 0.25) is 11.8 Å². The monoisotopic (exact) mass is 632 g/mol. The highest BCUT2D eigenvalue weighted by molar-refractivity contribution is 5.93. The van der Waals surface area contributed by atoms with Gasteiger partial charge in [0.05, 0.1) is 17.6 Å². The van der Waals surface area contributed by atoms with Gasteiger partial charge in [0, 0.05) is 53.1 Å². The van der Waals surface area contributed by atoms with E-state index in [1.54, 1.807) is 14.2 Å².